The van der Waals surface area contributed by atoms with Crippen LogP contribution in [0.5, 0.6) is 0 Å². The molecular weight excluding hydrogens is 292 g/mol. The number of thioether (sulfide) groups is 1. The number of amides is 1. The summed E-state index contributed by atoms with van der Waals surface area (Å²) in [6.45, 7) is 5.00. The number of nitrogens with one attached hydrogen (secondary N) is 2. The summed E-state index contributed by atoms with van der Waals surface area (Å²) in [5.74, 6) is 1.28. The third-order valence-corrected chi connectivity index (χ3v) is 3.64. The van der Waals surface area contributed by atoms with Gasteiger partial charge < -0.3 is 10.6 Å². The van der Waals surface area contributed by atoms with Crippen LogP contribution in [0.15, 0.2) is 12.3 Å². The van der Waals surface area contributed by atoms with E-state index in [-0.39, 0.29) is 17.2 Å². The number of carbonyl (C=O) groups excluding carboxylic acids is 1. The van der Waals surface area contributed by atoms with Gasteiger partial charge in [0.25, 0.3) is 11.6 Å². The van der Waals surface area contributed by atoms with Crippen LogP contribution in [0, 0.1) is 16.0 Å². The number of anilines is 1. The molecule has 1 unspecified atom stereocenters. The molecule has 1 aromatic heterocycles. The average Bonchev–Trinajstić information content (AvgIpc) is 2.45. The minimum Gasteiger partial charge on any atom is -0.370 e. The predicted molar refractivity (Wildman–Crippen MR) is 84.9 cm³/mol. The molecule has 0 aliphatic rings. The summed E-state index contributed by atoms with van der Waals surface area (Å²) in [7, 11) is 0. The summed E-state index contributed by atoms with van der Waals surface area (Å²) < 4.78 is 0. The highest BCUT2D eigenvalue weighted by Gasteiger charge is 2.18. The average molecular weight is 312 g/mol. The zero-order valence-electron chi connectivity index (χ0n) is 12.4. The molecule has 0 aliphatic heterocycles. The Morgan fingerprint density at radius 3 is 2.86 bits per heavy atom. The van der Waals surface area contributed by atoms with E-state index in [0.29, 0.717) is 24.8 Å². The van der Waals surface area contributed by atoms with Crippen molar-refractivity contribution in [2.45, 2.75) is 13.8 Å². The Labute approximate surface area is 128 Å². The maximum absolute atomic E-state index is 12.2. The molecule has 2 N–H and O–H groups in total. The molecule has 0 aliphatic carbocycles. The van der Waals surface area contributed by atoms with Crippen molar-refractivity contribution >= 4 is 29.2 Å². The van der Waals surface area contributed by atoms with E-state index in [1.165, 1.54) is 6.07 Å². The van der Waals surface area contributed by atoms with Gasteiger partial charge in [-0.25, -0.2) is 4.98 Å². The highest BCUT2D eigenvalue weighted by Crippen LogP contribution is 2.19. The predicted octanol–water partition coefficient (Wildman–Crippen LogP) is 2.15. The van der Waals surface area contributed by atoms with Gasteiger partial charge in [-0.05, 0) is 24.9 Å². The molecule has 0 spiro atoms. The van der Waals surface area contributed by atoms with Crippen LogP contribution < -0.4 is 10.6 Å². The zero-order valence-corrected chi connectivity index (χ0v) is 13.2. The van der Waals surface area contributed by atoms with Crippen LogP contribution >= 0.6 is 11.8 Å². The lowest BCUT2D eigenvalue weighted by Crippen LogP contribution is -2.30. The minimum atomic E-state index is -0.560. The number of aromatic nitrogens is 1. The first kappa shape index (κ1) is 17.2. The van der Waals surface area contributed by atoms with Crippen molar-refractivity contribution in [2.75, 3.05) is 30.4 Å². The quantitative estimate of drug-likeness (QED) is 0.564. The maximum atomic E-state index is 12.2. The highest BCUT2D eigenvalue weighted by molar-refractivity contribution is 7.98. The van der Waals surface area contributed by atoms with Crippen molar-refractivity contribution < 1.29 is 9.72 Å². The van der Waals surface area contributed by atoms with E-state index in [1.807, 2.05) is 20.1 Å². The van der Waals surface area contributed by atoms with Gasteiger partial charge in [-0.15, -0.1) is 0 Å². The fourth-order valence-corrected chi connectivity index (χ4v) is 2.43. The number of pyridine rings is 1. The SMILES string of the molecule is CCNc1ncc([N+](=O)[O-])cc1C(=O)NCC(C)CSC. The van der Waals surface area contributed by atoms with E-state index in [9.17, 15) is 14.9 Å². The van der Waals surface area contributed by atoms with Crippen LogP contribution in [0.4, 0.5) is 11.5 Å². The molecule has 1 amide bonds. The van der Waals surface area contributed by atoms with Gasteiger partial charge in [0.05, 0.1) is 10.5 Å². The van der Waals surface area contributed by atoms with Crippen molar-refractivity contribution in [1.82, 2.24) is 10.3 Å². The minimum absolute atomic E-state index is 0.195. The third kappa shape index (κ3) is 5.22. The summed E-state index contributed by atoms with van der Waals surface area (Å²) in [5, 5.41) is 16.5. The van der Waals surface area contributed by atoms with E-state index in [0.717, 1.165) is 11.9 Å². The summed E-state index contributed by atoms with van der Waals surface area (Å²) in [6, 6.07) is 1.25. The van der Waals surface area contributed by atoms with Gasteiger partial charge in [0.15, 0.2) is 0 Å². The zero-order chi connectivity index (χ0) is 15.8. The number of rotatable bonds is 8. The molecule has 1 aromatic rings. The Bertz CT molecular complexity index is 510. The van der Waals surface area contributed by atoms with E-state index < -0.39 is 4.92 Å². The van der Waals surface area contributed by atoms with E-state index >= 15 is 0 Å². The molecule has 0 fully saturated rings. The molecule has 0 saturated carbocycles. The Morgan fingerprint density at radius 2 is 2.29 bits per heavy atom. The second kappa shape index (κ2) is 8.46. The lowest BCUT2D eigenvalue weighted by atomic mass is 10.2. The third-order valence-electron chi connectivity index (χ3n) is 2.74. The van der Waals surface area contributed by atoms with Crippen molar-refractivity contribution in [3.63, 3.8) is 0 Å². The van der Waals surface area contributed by atoms with Crippen molar-refractivity contribution in [1.29, 1.82) is 0 Å². The Morgan fingerprint density at radius 1 is 1.57 bits per heavy atom. The second-order valence-electron chi connectivity index (χ2n) is 4.65. The number of hydrogen-bond acceptors (Lipinski definition) is 6. The summed E-state index contributed by atoms with van der Waals surface area (Å²) in [5.41, 5.74) is 0.00127. The smallest absolute Gasteiger partial charge is 0.288 e. The number of nitrogens with zero attached hydrogens (tertiary/aromatic N) is 2. The molecule has 7 nitrogen and oxygen atoms in total. The lowest BCUT2D eigenvalue weighted by Gasteiger charge is -2.13. The van der Waals surface area contributed by atoms with Gasteiger partial charge in [-0.1, -0.05) is 6.92 Å². The fourth-order valence-electron chi connectivity index (χ4n) is 1.74. The van der Waals surface area contributed by atoms with Gasteiger partial charge in [0.1, 0.15) is 12.0 Å². The lowest BCUT2D eigenvalue weighted by molar-refractivity contribution is -0.385. The van der Waals surface area contributed by atoms with Crippen LogP contribution in [-0.4, -0.2) is 40.9 Å². The number of nitro groups is 1. The summed E-state index contributed by atoms with van der Waals surface area (Å²) in [4.78, 5) is 26.4. The highest BCUT2D eigenvalue weighted by atomic mass is 32.2. The molecule has 0 radical (unpaired) electrons. The van der Waals surface area contributed by atoms with Crippen LogP contribution in [0.2, 0.25) is 0 Å². The molecule has 1 atom stereocenters. The monoisotopic (exact) mass is 312 g/mol. The van der Waals surface area contributed by atoms with Crippen LogP contribution in [-0.2, 0) is 0 Å². The largest absolute Gasteiger partial charge is 0.370 e. The Balaban J connectivity index is 2.88. The summed E-state index contributed by atoms with van der Waals surface area (Å²) in [6.07, 6.45) is 3.15. The molecule has 21 heavy (non-hydrogen) atoms. The number of carbonyl (C=O) groups is 1. The molecule has 0 bridgehead atoms. The van der Waals surface area contributed by atoms with E-state index in [1.54, 1.807) is 11.8 Å². The van der Waals surface area contributed by atoms with Crippen molar-refractivity contribution in [2.24, 2.45) is 5.92 Å². The maximum Gasteiger partial charge on any atom is 0.288 e. The fraction of sp³-hybridized carbons (Fsp3) is 0.538. The molecular formula is C13H20N4O3S. The van der Waals surface area contributed by atoms with Gasteiger partial charge in [-0.2, -0.15) is 11.8 Å². The standard InChI is InChI=1S/C13H20N4O3S/c1-4-14-12-11(5-10(7-15-12)17(19)20)13(18)16-6-9(2)8-21-3/h5,7,9H,4,6,8H2,1-3H3,(H,14,15)(H,16,18). The van der Waals surface area contributed by atoms with Crippen molar-refractivity contribution in [3.05, 3.63) is 27.9 Å². The molecule has 1 rings (SSSR count). The normalized spacial score (nSPS) is 11.8. The van der Waals surface area contributed by atoms with Gasteiger partial charge in [0.2, 0.25) is 0 Å². The topological polar surface area (TPSA) is 97.2 Å². The molecule has 1 heterocycles. The summed E-state index contributed by atoms with van der Waals surface area (Å²) >= 11 is 1.71. The number of hydrogen-bond donors (Lipinski definition) is 2. The van der Waals surface area contributed by atoms with Crippen molar-refractivity contribution in [3.8, 4) is 0 Å². The molecule has 0 aromatic carbocycles. The Kier molecular flexibility index (Phi) is 6.93. The molecule has 0 saturated heterocycles. The van der Waals surface area contributed by atoms with Gasteiger partial charge in [-0.3, -0.25) is 14.9 Å². The first-order valence-electron chi connectivity index (χ1n) is 6.65. The first-order valence-corrected chi connectivity index (χ1v) is 8.04. The van der Waals surface area contributed by atoms with Crippen LogP contribution in [0.1, 0.15) is 24.2 Å². The van der Waals surface area contributed by atoms with Crippen LogP contribution in [0.25, 0.3) is 0 Å². The molecule has 116 valence electrons. The Hall–Kier alpha value is -1.83. The van der Waals surface area contributed by atoms with E-state index in [4.69, 9.17) is 0 Å². The van der Waals surface area contributed by atoms with Crippen LogP contribution in [0.3, 0.4) is 0 Å². The van der Waals surface area contributed by atoms with Gasteiger partial charge in [0, 0.05) is 19.2 Å². The first-order chi connectivity index (χ1) is 9.99. The molecule has 8 heteroatoms. The van der Waals surface area contributed by atoms with E-state index in [2.05, 4.69) is 15.6 Å². The second-order valence-corrected chi connectivity index (χ2v) is 5.56. The van der Waals surface area contributed by atoms with Gasteiger partial charge >= 0.3 is 0 Å².